The number of piperidine rings is 1. The summed E-state index contributed by atoms with van der Waals surface area (Å²) in [7, 11) is 0. The number of benzene rings is 1. The molecule has 1 aromatic carbocycles. The van der Waals surface area contributed by atoms with Crippen molar-refractivity contribution in [2.45, 2.75) is 12.8 Å². The highest BCUT2D eigenvalue weighted by Crippen LogP contribution is 2.24. The SMILES string of the molecule is O=C(O)C1CCN(c2nc(-c3ccccc3)no2)CC1. The molecule has 2 heterocycles. The number of carboxylic acids is 1. The molecule has 0 amide bonds. The molecule has 0 bridgehead atoms. The molecule has 1 N–H and O–H groups in total. The second kappa shape index (κ2) is 5.32. The molecule has 1 aliphatic rings. The largest absolute Gasteiger partial charge is 0.481 e. The average molecular weight is 273 g/mol. The van der Waals surface area contributed by atoms with E-state index < -0.39 is 5.97 Å². The first-order valence-electron chi connectivity index (χ1n) is 6.61. The van der Waals surface area contributed by atoms with Crippen LogP contribution in [0.25, 0.3) is 11.4 Å². The van der Waals surface area contributed by atoms with Gasteiger partial charge in [0.05, 0.1) is 5.92 Å². The molecule has 0 unspecified atom stereocenters. The van der Waals surface area contributed by atoms with Gasteiger partial charge in [-0.05, 0) is 12.8 Å². The Bertz CT molecular complexity index is 589. The highest BCUT2D eigenvalue weighted by molar-refractivity contribution is 5.70. The molecule has 1 fully saturated rings. The van der Waals surface area contributed by atoms with Gasteiger partial charge in [0.1, 0.15) is 0 Å². The minimum atomic E-state index is -0.722. The van der Waals surface area contributed by atoms with Gasteiger partial charge in [0.25, 0.3) is 0 Å². The van der Waals surface area contributed by atoms with E-state index in [0.29, 0.717) is 37.8 Å². The number of hydrogen-bond donors (Lipinski definition) is 1. The van der Waals surface area contributed by atoms with E-state index in [9.17, 15) is 4.79 Å². The molecule has 1 aliphatic heterocycles. The summed E-state index contributed by atoms with van der Waals surface area (Å²) in [5, 5.41) is 12.9. The Labute approximate surface area is 116 Å². The predicted octanol–water partition coefficient (Wildman–Crippen LogP) is 2.04. The fourth-order valence-corrected chi connectivity index (χ4v) is 2.37. The summed E-state index contributed by atoms with van der Waals surface area (Å²) < 4.78 is 5.27. The van der Waals surface area contributed by atoms with Gasteiger partial charge in [-0.15, -0.1) is 0 Å². The quantitative estimate of drug-likeness (QED) is 0.921. The molecule has 3 rings (SSSR count). The van der Waals surface area contributed by atoms with E-state index in [4.69, 9.17) is 9.63 Å². The average Bonchev–Trinajstić information content (AvgIpc) is 2.98. The number of carboxylic acid groups (broad SMARTS) is 1. The Balaban J connectivity index is 1.71. The van der Waals surface area contributed by atoms with Gasteiger partial charge in [0.2, 0.25) is 5.82 Å². The number of anilines is 1. The van der Waals surface area contributed by atoms with E-state index in [2.05, 4.69) is 10.1 Å². The normalized spacial score (nSPS) is 16.3. The van der Waals surface area contributed by atoms with E-state index in [-0.39, 0.29) is 5.92 Å². The van der Waals surface area contributed by atoms with Crippen LogP contribution in [0, 0.1) is 5.92 Å². The zero-order chi connectivity index (χ0) is 13.9. The van der Waals surface area contributed by atoms with Crippen LogP contribution in [0.4, 0.5) is 6.01 Å². The molecule has 0 saturated carbocycles. The number of carbonyl (C=O) groups is 1. The van der Waals surface area contributed by atoms with Crippen LogP contribution in [-0.4, -0.2) is 34.3 Å². The Morgan fingerprint density at radius 2 is 1.95 bits per heavy atom. The topological polar surface area (TPSA) is 79.5 Å². The summed E-state index contributed by atoms with van der Waals surface area (Å²) in [5.74, 6) is -0.427. The number of aliphatic carboxylic acids is 1. The summed E-state index contributed by atoms with van der Waals surface area (Å²) in [6.45, 7) is 1.26. The van der Waals surface area contributed by atoms with Crippen LogP contribution < -0.4 is 4.90 Å². The Hall–Kier alpha value is -2.37. The van der Waals surface area contributed by atoms with Crippen molar-refractivity contribution < 1.29 is 14.4 Å². The number of rotatable bonds is 3. The smallest absolute Gasteiger partial charge is 0.324 e. The summed E-state index contributed by atoms with van der Waals surface area (Å²) in [6, 6.07) is 10.1. The fourth-order valence-electron chi connectivity index (χ4n) is 2.37. The molecule has 1 aromatic heterocycles. The van der Waals surface area contributed by atoms with Crippen LogP contribution in [0.2, 0.25) is 0 Å². The first-order valence-corrected chi connectivity index (χ1v) is 6.61. The minimum absolute atomic E-state index is 0.261. The monoisotopic (exact) mass is 273 g/mol. The summed E-state index contributed by atoms with van der Waals surface area (Å²) in [5.41, 5.74) is 0.905. The highest BCUT2D eigenvalue weighted by Gasteiger charge is 2.27. The third kappa shape index (κ3) is 2.49. The molecular weight excluding hydrogens is 258 g/mol. The lowest BCUT2D eigenvalue weighted by molar-refractivity contribution is -0.142. The molecule has 0 radical (unpaired) electrons. The fraction of sp³-hybridized carbons (Fsp3) is 0.357. The first kappa shape index (κ1) is 12.7. The summed E-state index contributed by atoms with van der Waals surface area (Å²) >= 11 is 0. The van der Waals surface area contributed by atoms with E-state index in [0.717, 1.165) is 5.56 Å². The van der Waals surface area contributed by atoms with Crippen LogP contribution in [-0.2, 0) is 4.79 Å². The van der Waals surface area contributed by atoms with Crippen molar-refractivity contribution in [3.05, 3.63) is 30.3 Å². The third-order valence-corrected chi connectivity index (χ3v) is 3.56. The van der Waals surface area contributed by atoms with Gasteiger partial charge in [0.15, 0.2) is 0 Å². The standard InChI is InChI=1S/C14H15N3O3/c18-13(19)11-6-8-17(9-7-11)14-15-12(16-20-14)10-4-2-1-3-5-10/h1-5,11H,6-9H2,(H,18,19). The first-order chi connectivity index (χ1) is 9.74. The molecule has 2 aromatic rings. The zero-order valence-corrected chi connectivity index (χ0v) is 10.9. The number of aromatic nitrogens is 2. The van der Waals surface area contributed by atoms with Crippen molar-refractivity contribution in [2.75, 3.05) is 18.0 Å². The predicted molar refractivity (Wildman–Crippen MR) is 72.3 cm³/mol. The highest BCUT2D eigenvalue weighted by atomic mass is 16.5. The Kier molecular flexibility index (Phi) is 3.37. The molecule has 104 valence electrons. The summed E-state index contributed by atoms with van der Waals surface area (Å²) in [6.07, 6.45) is 1.22. The van der Waals surface area contributed by atoms with Crippen molar-refractivity contribution in [3.8, 4) is 11.4 Å². The number of hydrogen-bond acceptors (Lipinski definition) is 5. The molecule has 6 heteroatoms. The van der Waals surface area contributed by atoms with E-state index >= 15 is 0 Å². The second-order valence-electron chi connectivity index (χ2n) is 4.87. The van der Waals surface area contributed by atoms with Crippen LogP contribution in [0.1, 0.15) is 12.8 Å². The maximum atomic E-state index is 10.9. The molecule has 0 aliphatic carbocycles. The van der Waals surface area contributed by atoms with Crippen LogP contribution in [0.3, 0.4) is 0 Å². The lowest BCUT2D eigenvalue weighted by atomic mass is 9.97. The maximum Gasteiger partial charge on any atom is 0.324 e. The molecule has 0 atom stereocenters. The molecule has 20 heavy (non-hydrogen) atoms. The maximum absolute atomic E-state index is 10.9. The van der Waals surface area contributed by atoms with Crippen LogP contribution >= 0.6 is 0 Å². The van der Waals surface area contributed by atoms with Gasteiger partial charge in [-0.1, -0.05) is 35.5 Å². The molecule has 0 spiro atoms. The molecule has 6 nitrogen and oxygen atoms in total. The van der Waals surface area contributed by atoms with E-state index in [1.165, 1.54) is 0 Å². The third-order valence-electron chi connectivity index (χ3n) is 3.56. The summed E-state index contributed by atoms with van der Waals surface area (Å²) in [4.78, 5) is 17.2. The van der Waals surface area contributed by atoms with Crippen LogP contribution in [0.15, 0.2) is 34.9 Å². The molecular formula is C14H15N3O3. The number of nitrogens with zero attached hydrogens (tertiary/aromatic N) is 3. The van der Waals surface area contributed by atoms with Gasteiger partial charge in [-0.25, -0.2) is 0 Å². The minimum Gasteiger partial charge on any atom is -0.481 e. The zero-order valence-electron chi connectivity index (χ0n) is 10.9. The van der Waals surface area contributed by atoms with Crippen molar-refractivity contribution in [1.29, 1.82) is 0 Å². The van der Waals surface area contributed by atoms with Crippen molar-refractivity contribution >= 4 is 12.0 Å². The second-order valence-corrected chi connectivity index (χ2v) is 4.87. The van der Waals surface area contributed by atoms with Crippen molar-refractivity contribution in [2.24, 2.45) is 5.92 Å². The van der Waals surface area contributed by atoms with Crippen molar-refractivity contribution in [1.82, 2.24) is 10.1 Å². The lowest BCUT2D eigenvalue weighted by Gasteiger charge is -2.28. The lowest BCUT2D eigenvalue weighted by Crippen LogP contribution is -2.36. The van der Waals surface area contributed by atoms with Gasteiger partial charge in [-0.2, -0.15) is 4.98 Å². The molecule has 1 saturated heterocycles. The van der Waals surface area contributed by atoms with E-state index in [1.807, 2.05) is 35.2 Å². The van der Waals surface area contributed by atoms with Crippen LogP contribution in [0.5, 0.6) is 0 Å². The Morgan fingerprint density at radius 1 is 1.25 bits per heavy atom. The van der Waals surface area contributed by atoms with Gasteiger partial charge >= 0.3 is 12.0 Å². The van der Waals surface area contributed by atoms with Crippen molar-refractivity contribution in [3.63, 3.8) is 0 Å². The van der Waals surface area contributed by atoms with E-state index in [1.54, 1.807) is 0 Å². The van der Waals surface area contributed by atoms with Gasteiger partial charge < -0.3 is 14.5 Å². The van der Waals surface area contributed by atoms with Gasteiger partial charge in [-0.3, -0.25) is 4.79 Å². The Morgan fingerprint density at radius 3 is 2.60 bits per heavy atom. The van der Waals surface area contributed by atoms with Gasteiger partial charge in [0, 0.05) is 18.7 Å².